The minimum absolute atomic E-state index is 0.279. The second kappa shape index (κ2) is 12.8. The molecule has 7 rings (SSSR count). The molecule has 0 saturated heterocycles. The first kappa shape index (κ1) is 28.6. The Morgan fingerprint density at radius 1 is 0.565 bits per heavy atom. The fourth-order valence-electron chi connectivity index (χ4n) is 5.20. The molecule has 0 aliphatic rings. The maximum Gasteiger partial charge on any atom is 0.298 e. The van der Waals surface area contributed by atoms with Gasteiger partial charge in [-0.15, -0.1) is 11.3 Å². The van der Waals surface area contributed by atoms with Gasteiger partial charge in [0.25, 0.3) is 12.9 Å². The maximum atomic E-state index is 11.2. The zero-order valence-electron chi connectivity index (χ0n) is 24.2. The fourth-order valence-corrected chi connectivity index (χ4v) is 6.29. The van der Waals surface area contributed by atoms with Crippen LogP contribution in [0, 0.1) is 0 Å². The van der Waals surface area contributed by atoms with Gasteiger partial charge in [0, 0.05) is 57.2 Å². The van der Waals surface area contributed by atoms with Gasteiger partial charge in [0.2, 0.25) is 0 Å². The number of carbonyl (C=O) groups excluding carboxylic acids is 2. The maximum absolute atomic E-state index is 11.2. The van der Waals surface area contributed by atoms with Crippen LogP contribution in [0.15, 0.2) is 134 Å². The lowest BCUT2D eigenvalue weighted by atomic mass is 10.1. The number of hydrogen-bond donors (Lipinski definition) is 0. The lowest BCUT2D eigenvalue weighted by molar-refractivity contribution is -0.121. The van der Waals surface area contributed by atoms with Gasteiger partial charge in [-0.1, -0.05) is 42.5 Å². The Morgan fingerprint density at radius 3 is 1.85 bits per heavy atom. The van der Waals surface area contributed by atoms with E-state index in [9.17, 15) is 9.59 Å². The zero-order valence-corrected chi connectivity index (χ0v) is 25.0. The summed E-state index contributed by atoms with van der Waals surface area (Å²) in [6, 6.07) is 39.6. The van der Waals surface area contributed by atoms with Crippen molar-refractivity contribution in [1.82, 2.24) is 15.0 Å². The molecule has 0 fully saturated rings. The van der Waals surface area contributed by atoms with E-state index >= 15 is 0 Å². The smallest absolute Gasteiger partial charge is 0.298 e. The number of hydrogen-bond acceptors (Lipinski definition) is 9. The second-order valence-corrected chi connectivity index (χ2v) is 11.2. The summed E-state index contributed by atoms with van der Waals surface area (Å²) in [6.07, 6.45) is 3.24. The molecule has 4 heterocycles. The number of nitrogens with zero attached hydrogens (tertiary/aromatic N) is 4. The molecule has 8 nitrogen and oxygen atoms in total. The molecule has 0 bridgehead atoms. The first-order valence-electron chi connectivity index (χ1n) is 14.3. The third-order valence-electron chi connectivity index (χ3n) is 7.26. The minimum Gasteiger partial charge on any atom is -0.429 e. The van der Waals surface area contributed by atoms with E-state index in [1.54, 1.807) is 41.8 Å². The molecule has 0 radical (unpaired) electrons. The molecule has 0 spiro atoms. The summed E-state index contributed by atoms with van der Waals surface area (Å²) in [6.45, 7) is 0.699. The van der Waals surface area contributed by atoms with Crippen molar-refractivity contribution < 1.29 is 19.1 Å². The number of fused-ring (bicyclic) bond motifs is 1. The van der Waals surface area contributed by atoms with Crippen LogP contribution in [-0.4, -0.2) is 27.9 Å². The largest absolute Gasteiger partial charge is 0.429 e. The van der Waals surface area contributed by atoms with Gasteiger partial charge >= 0.3 is 0 Å². The summed E-state index contributed by atoms with van der Waals surface area (Å²) >= 11 is 1.70. The summed E-state index contributed by atoms with van der Waals surface area (Å²) in [7, 11) is 0. The van der Waals surface area contributed by atoms with Crippen molar-refractivity contribution in [3.63, 3.8) is 0 Å². The van der Waals surface area contributed by atoms with Crippen LogP contribution in [0.4, 0.5) is 17.1 Å². The number of benzene rings is 3. The Labute approximate surface area is 268 Å². The summed E-state index contributed by atoms with van der Waals surface area (Å²) in [5.74, 6) is 0.593. The third-order valence-corrected chi connectivity index (χ3v) is 8.41. The van der Waals surface area contributed by atoms with Gasteiger partial charge in [-0.2, -0.15) is 0 Å². The van der Waals surface area contributed by atoms with Crippen molar-refractivity contribution in [2.45, 2.75) is 0 Å². The Morgan fingerprint density at radius 2 is 1.17 bits per heavy atom. The Balaban J connectivity index is 1.26. The molecule has 222 valence electrons. The number of aromatic nitrogens is 3. The lowest BCUT2D eigenvalue weighted by Gasteiger charge is -2.25. The molecular formula is C37H24N4O4S. The van der Waals surface area contributed by atoms with Crippen LogP contribution in [0.2, 0.25) is 0 Å². The first-order valence-corrected chi connectivity index (χ1v) is 15.1. The highest BCUT2D eigenvalue weighted by Gasteiger charge is 2.15. The average Bonchev–Trinajstić information content (AvgIpc) is 3.54. The number of anilines is 3. The van der Waals surface area contributed by atoms with Gasteiger partial charge in [0.15, 0.2) is 0 Å². The monoisotopic (exact) mass is 620 g/mol. The molecule has 0 unspecified atom stereocenters. The molecule has 0 atom stereocenters. The average molecular weight is 621 g/mol. The van der Waals surface area contributed by atoms with Crippen molar-refractivity contribution in [1.29, 1.82) is 0 Å². The first-order chi connectivity index (χ1) is 22.7. The molecule has 0 N–H and O–H groups in total. The second-order valence-electron chi connectivity index (χ2n) is 10.1. The van der Waals surface area contributed by atoms with E-state index in [-0.39, 0.29) is 5.75 Å². The molecule has 3 aromatic carbocycles. The minimum atomic E-state index is 0.279. The van der Waals surface area contributed by atoms with Crippen molar-refractivity contribution in [2.75, 3.05) is 4.90 Å². The number of ether oxygens (including phenoxy) is 2. The molecule has 0 saturated carbocycles. The SMILES string of the molecule is O=COc1ccnc(-c2cc(OC=O)cc(-c3cc(-c4cc5ccc(N(c6ccccc6)c6ccccc6)cc5s4)ccn3)n2)c1. The molecular weight excluding hydrogens is 596 g/mol. The normalized spacial score (nSPS) is 10.8. The number of rotatable bonds is 10. The van der Waals surface area contributed by atoms with Gasteiger partial charge in [0.05, 0.1) is 22.8 Å². The molecule has 0 aliphatic carbocycles. The van der Waals surface area contributed by atoms with Crippen molar-refractivity contribution >= 4 is 51.4 Å². The van der Waals surface area contributed by atoms with Crippen molar-refractivity contribution in [3.8, 4) is 44.7 Å². The molecule has 0 aliphatic heterocycles. The van der Waals surface area contributed by atoms with E-state index in [1.807, 2.05) is 48.5 Å². The zero-order chi connectivity index (χ0) is 31.3. The number of thiophene rings is 1. The number of pyridine rings is 3. The van der Waals surface area contributed by atoms with E-state index in [2.05, 4.69) is 63.4 Å². The highest BCUT2D eigenvalue weighted by molar-refractivity contribution is 7.22. The van der Waals surface area contributed by atoms with Crippen LogP contribution < -0.4 is 14.4 Å². The third kappa shape index (κ3) is 5.95. The molecule has 4 aromatic heterocycles. The summed E-state index contributed by atoms with van der Waals surface area (Å²) < 4.78 is 11.3. The Kier molecular flexibility index (Phi) is 7.96. The van der Waals surface area contributed by atoms with E-state index < -0.39 is 0 Å². The molecule has 7 aromatic rings. The van der Waals surface area contributed by atoms with Crippen molar-refractivity contribution in [2.24, 2.45) is 0 Å². The summed E-state index contributed by atoms with van der Waals surface area (Å²) in [5.41, 5.74) is 6.14. The van der Waals surface area contributed by atoms with Crippen LogP contribution in [0.1, 0.15) is 0 Å². The highest BCUT2D eigenvalue weighted by atomic mass is 32.1. The standard InChI is InChI=1S/C37H24N4O4S/c42-23-44-30-14-16-39-33(20-30)35-22-31(45-24-43)21-34(40-35)32-17-26(13-15-38-32)36-18-25-11-12-29(19-37(25)46-36)41(27-7-3-1-4-8-27)28-9-5-2-6-10-28/h1-24H. The highest BCUT2D eigenvalue weighted by Crippen LogP contribution is 2.40. The molecule has 0 amide bonds. The molecule has 46 heavy (non-hydrogen) atoms. The van der Waals surface area contributed by atoms with Gasteiger partial charge in [0.1, 0.15) is 11.5 Å². The van der Waals surface area contributed by atoms with E-state index in [0.717, 1.165) is 37.6 Å². The van der Waals surface area contributed by atoms with Crippen LogP contribution in [0.25, 0.3) is 43.3 Å². The predicted molar refractivity (Wildman–Crippen MR) is 180 cm³/mol. The number of para-hydroxylation sites is 2. The van der Waals surface area contributed by atoms with Crippen LogP contribution in [0.5, 0.6) is 11.5 Å². The number of carbonyl (C=O) groups is 2. The quantitative estimate of drug-likeness (QED) is 0.140. The van der Waals surface area contributed by atoms with Crippen LogP contribution in [-0.2, 0) is 9.59 Å². The van der Waals surface area contributed by atoms with E-state index in [0.29, 0.717) is 41.5 Å². The van der Waals surface area contributed by atoms with E-state index in [1.165, 1.54) is 6.20 Å². The molecule has 9 heteroatoms. The van der Waals surface area contributed by atoms with Crippen LogP contribution in [0.3, 0.4) is 0 Å². The fraction of sp³-hybridized carbons (Fsp3) is 0. The lowest BCUT2D eigenvalue weighted by Crippen LogP contribution is -2.09. The predicted octanol–water partition coefficient (Wildman–Crippen LogP) is 8.63. The van der Waals surface area contributed by atoms with Gasteiger partial charge in [-0.25, -0.2) is 4.98 Å². The van der Waals surface area contributed by atoms with Crippen molar-refractivity contribution in [3.05, 3.63) is 134 Å². The summed E-state index contributed by atoms with van der Waals surface area (Å²) in [4.78, 5) is 39.1. The van der Waals surface area contributed by atoms with E-state index in [4.69, 9.17) is 14.5 Å². The van der Waals surface area contributed by atoms with Gasteiger partial charge < -0.3 is 14.4 Å². The van der Waals surface area contributed by atoms with Gasteiger partial charge in [-0.05, 0) is 71.6 Å². The Hall–Kier alpha value is -6.19. The Bertz CT molecular complexity index is 2130. The topological polar surface area (TPSA) is 94.5 Å². The van der Waals surface area contributed by atoms with Gasteiger partial charge in [-0.3, -0.25) is 19.6 Å². The summed E-state index contributed by atoms with van der Waals surface area (Å²) in [5, 5.41) is 1.13. The van der Waals surface area contributed by atoms with Crippen LogP contribution >= 0.6 is 11.3 Å².